The van der Waals surface area contributed by atoms with Crippen molar-refractivity contribution in [2.75, 3.05) is 35.4 Å². The molecule has 0 atom stereocenters. The summed E-state index contributed by atoms with van der Waals surface area (Å²) in [5.74, 6) is -2.26. The van der Waals surface area contributed by atoms with Crippen molar-refractivity contribution in [3.8, 4) is 5.75 Å². The molecule has 0 fully saturated rings. The second-order valence-electron chi connectivity index (χ2n) is 9.23. The number of carbonyl (C=O) groups excluding carboxylic acids is 3. The highest BCUT2D eigenvalue weighted by Gasteiger charge is 2.35. The number of hydrogen-bond acceptors (Lipinski definition) is 7. The predicted octanol–water partition coefficient (Wildman–Crippen LogP) is 6.31. The summed E-state index contributed by atoms with van der Waals surface area (Å²) < 4.78 is 61.6. The standard InChI is InChI=1S/C30H26F4N6O4/c1-16(41)37-18-9-11-24(26(13-18)44-3)39-27-14-25(21(15-36-27)30(32,33)34)38-23-10-8-17(31)12-20(23)29(43)40-22-7-5-4-6-19(22)28(42)35-2/h4-15H,1-3H3,(H,35,42)(H,37,41)(H,40,43)(H2,36,38,39). The molecule has 0 aliphatic heterocycles. The maximum absolute atomic E-state index is 14.3. The van der Waals surface area contributed by atoms with Crippen LogP contribution in [0.25, 0.3) is 0 Å². The molecule has 4 aromatic rings. The quantitative estimate of drug-likeness (QED) is 0.140. The van der Waals surface area contributed by atoms with Gasteiger partial charge in [0.15, 0.2) is 0 Å². The minimum Gasteiger partial charge on any atom is -0.494 e. The number of amides is 3. The van der Waals surface area contributed by atoms with E-state index in [1.807, 2.05) is 0 Å². The molecule has 0 saturated heterocycles. The van der Waals surface area contributed by atoms with Crippen LogP contribution < -0.4 is 31.3 Å². The molecule has 0 radical (unpaired) electrons. The van der Waals surface area contributed by atoms with E-state index in [4.69, 9.17) is 4.74 Å². The third-order valence-corrected chi connectivity index (χ3v) is 6.14. The van der Waals surface area contributed by atoms with E-state index in [1.165, 1.54) is 45.3 Å². The number of benzene rings is 3. The van der Waals surface area contributed by atoms with Gasteiger partial charge in [-0.3, -0.25) is 14.4 Å². The molecule has 44 heavy (non-hydrogen) atoms. The molecule has 5 N–H and O–H groups in total. The van der Waals surface area contributed by atoms with E-state index in [9.17, 15) is 31.9 Å². The number of rotatable bonds is 9. The number of alkyl halides is 3. The molecule has 1 heterocycles. The lowest BCUT2D eigenvalue weighted by atomic mass is 10.1. The van der Waals surface area contributed by atoms with Crippen LogP contribution in [0.15, 0.2) is 72.9 Å². The topological polar surface area (TPSA) is 133 Å². The van der Waals surface area contributed by atoms with E-state index in [-0.39, 0.29) is 40.0 Å². The van der Waals surface area contributed by atoms with Crippen molar-refractivity contribution in [2.45, 2.75) is 13.1 Å². The minimum absolute atomic E-state index is 0.0290. The van der Waals surface area contributed by atoms with Crippen LogP contribution in [0.1, 0.15) is 33.2 Å². The Morgan fingerprint density at radius 3 is 2.20 bits per heavy atom. The first-order valence-corrected chi connectivity index (χ1v) is 12.9. The highest BCUT2D eigenvalue weighted by molar-refractivity contribution is 6.11. The van der Waals surface area contributed by atoms with Gasteiger partial charge >= 0.3 is 6.18 Å². The van der Waals surface area contributed by atoms with Crippen molar-refractivity contribution in [2.24, 2.45) is 0 Å². The minimum atomic E-state index is -4.85. The van der Waals surface area contributed by atoms with Gasteiger partial charge in [-0.05, 0) is 42.5 Å². The second-order valence-corrected chi connectivity index (χ2v) is 9.23. The third-order valence-electron chi connectivity index (χ3n) is 6.14. The number of pyridine rings is 1. The average Bonchev–Trinajstić information content (AvgIpc) is 2.98. The average molecular weight is 611 g/mol. The molecule has 4 rings (SSSR count). The fourth-order valence-corrected chi connectivity index (χ4v) is 4.14. The van der Waals surface area contributed by atoms with Gasteiger partial charge in [-0.25, -0.2) is 9.37 Å². The van der Waals surface area contributed by atoms with Crippen LogP contribution in [0, 0.1) is 5.82 Å². The van der Waals surface area contributed by atoms with E-state index in [1.54, 1.807) is 18.2 Å². The van der Waals surface area contributed by atoms with Gasteiger partial charge in [0, 0.05) is 38.0 Å². The summed E-state index contributed by atoms with van der Waals surface area (Å²) in [6, 6.07) is 14.7. The van der Waals surface area contributed by atoms with E-state index in [2.05, 4.69) is 31.6 Å². The molecule has 14 heteroatoms. The highest BCUT2D eigenvalue weighted by atomic mass is 19.4. The van der Waals surface area contributed by atoms with Crippen molar-refractivity contribution in [3.05, 3.63) is 95.4 Å². The Hall–Kier alpha value is -5.66. The zero-order valence-electron chi connectivity index (χ0n) is 23.5. The van der Waals surface area contributed by atoms with E-state index >= 15 is 0 Å². The van der Waals surface area contributed by atoms with Crippen LogP contribution >= 0.6 is 0 Å². The zero-order chi connectivity index (χ0) is 32.0. The molecule has 3 amide bonds. The zero-order valence-corrected chi connectivity index (χ0v) is 23.5. The molecule has 0 unspecified atom stereocenters. The fraction of sp³-hybridized carbons (Fsp3) is 0.133. The molecule has 0 aliphatic carbocycles. The van der Waals surface area contributed by atoms with Crippen molar-refractivity contribution in [1.29, 1.82) is 0 Å². The lowest BCUT2D eigenvalue weighted by Gasteiger charge is -2.19. The SMILES string of the molecule is CNC(=O)c1ccccc1NC(=O)c1cc(F)ccc1Nc1cc(Nc2ccc(NC(C)=O)cc2OC)ncc1C(F)(F)F. The van der Waals surface area contributed by atoms with Crippen LogP contribution in [0.3, 0.4) is 0 Å². The molecule has 10 nitrogen and oxygen atoms in total. The number of methoxy groups -OCH3 is 1. The Bertz CT molecular complexity index is 1730. The molecule has 0 spiro atoms. The summed E-state index contributed by atoms with van der Waals surface area (Å²) in [6.45, 7) is 1.33. The molecule has 3 aromatic carbocycles. The molecule has 1 aromatic heterocycles. The van der Waals surface area contributed by atoms with E-state index in [0.717, 1.165) is 24.3 Å². The Labute approximate surface area is 248 Å². The van der Waals surface area contributed by atoms with Gasteiger partial charge in [0.1, 0.15) is 17.4 Å². The summed E-state index contributed by atoms with van der Waals surface area (Å²) in [6.07, 6.45) is -4.24. The van der Waals surface area contributed by atoms with Crippen molar-refractivity contribution >= 4 is 52.0 Å². The first-order valence-electron chi connectivity index (χ1n) is 12.9. The number of hydrogen-bond donors (Lipinski definition) is 5. The number of carbonyl (C=O) groups is 3. The van der Waals surface area contributed by atoms with Gasteiger partial charge in [0.05, 0.1) is 46.5 Å². The third kappa shape index (κ3) is 7.40. The Morgan fingerprint density at radius 1 is 0.795 bits per heavy atom. The highest BCUT2D eigenvalue weighted by Crippen LogP contribution is 2.39. The summed E-state index contributed by atoms with van der Waals surface area (Å²) in [5.41, 5.74) is -1.13. The second kappa shape index (κ2) is 13.1. The van der Waals surface area contributed by atoms with Gasteiger partial charge < -0.3 is 31.3 Å². The Balaban J connectivity index is 1.70. The molecule has 228 valence electrons. The Morgan fingerprint density at radius 2 is 1.52 bits per heavy atom. The van der Waals surface area contributed by atoms with Crippen molar-refractivity contribution in [1.82, 2.24) is 10.3 Å². The monoisotopic (exact) mass is 610 g/mol. The number of anilines is 6. The molecular weight excluding hydrogens is 584 g/mol. The summed E-state index contributed by atoms with van der Waals surface area (Å²) >= 11 is 0. The largest absolute Gasteiger partial charge is 0.494 e. The maximum atomic E-state index is 14.3. The molecular formula is C30H26F4N6O4. The van der Waals surface area contributed by atoms with Gasteiger partial charge in [-0.2, -0.15) is 13.2 Å². The number of ether oxygens (including phenoxy) is 1. The normalized spacial score (nSPS) is 10.9. The van der Waals surface area contributed by atoms with Crippen molar-refractivity contribution in [3.63, 3.8) is 0 Å². The molecule has 0 bridgehead atoms. The predicted molar refractivity (Wildman–Crippen MR) is 157 cm³/mol. The number of nitrogens with zero attached hydrogens (tertiary/aromatic N) is 1. The van der Waals surface area contributed by atoms with Crippen LogP contribution in [-0.2, 0) is 11.0 Å². The lowest BCUT2D eigenvalue weighted by molar-refractivity contribution is -0.137. The number of aromatic nitrogens is 1. The molecule has 0 saturated carbocycles. The molecule has 0 aliphatic rings. The van der Waals surface area contributed by atoms with Crippen LogP contribution in [0.4, 0.5) is 51.8 Å². The van der Waals surface area contributed by atoms with Gasteiger partial charge in [-0.1, -0.05) is 12.1 Å². The first kappa shape index (κ1) is 31.3. The van der Waals surface area contributed by atoms with E-state index < -0.39 is 35.1 Å². The lowest BCUT2D eigenvalue weighted by Crippen LogP contribution is -2.22. The van der Waals surface area contributed by atoms with Gasteiger partial charge in [0.25, 0.3) is 11.8 Å². The summed E-state index contributed by atoms with van der Waals surface area (Å²) in [7, 11) is 2.78. The van der Waals surface area contributed by atoms with E-state index in [0.29, 0.717) is 17.6 Å². The van der Waals surface area contributed by atoms with Gasteiger partial charge in [0.2, 0.25) is 5.91 Å². The van der Waals surface area contributed by atoms with Crippen molar-refractivity contribution < 1.29 is 36.7 Å². The summed E-state index contributed by atoms with van der Waals surface area (Å²) in [5, 5.41) is 13.0. The van der Waals surface area contributed by atoms with Crippen LogP contribution in [-0.4, -0.2) is 36.9 Å². The Kier molecular flexibility index (Phi) is 9.32. The fourth-order valence-electron chi connectivity index (χ4n) is 4.14. The van der Waals surface area contributed by atoms with Crippen LogP contribution in [0.5, 0.6) is 5.75 Å². The smallest absolute Gasteiger partial charge is 0.419 e. The maximum Gasteiger partial charge on any atom is 0.419 e. The number of nitrogens with one attached hydrogen (secondary N) is 5. The van der Waals surface area contributed by atoms with Gasteiger partial charge in [-0.15, -0.1) is 0 Å². The summed E-state index contributed by atoms with van der Waals surface area (Å²) in [4.78, 5) is 40.7. The first-order chi connectivity index (χ1) is 20.9. The number of para-hydroxylation sites is 1. The number of halogens is 4. The van der Waals surface area contributed by atoms with Crippen LogP contribution in [0.2, 0.25) is 0 Å².